The molecule has 1 aliphatic rings. The van der Waals surface area contributed by atoms with Gasteiger partial charge in [0.25, 0.3) is 0 Å². The third-order valence-electron chi connectivity index (χ3n) is 5.65. The number of hydrogen-bond acceptors (Lipinski definition) is 6. The van der Waals surface area contributed by atoms with E-state index in [9.17, 15) is 0 Å². The number of halogens is 1. The maximum atomic E-state index is 5.97. The number of likely N-dealkylation sites (N-methyl/N-ethyl adjacent to an activating group) is 1. The van der Waals surface area contributed by atoms with Gasteiger partial charge in [-0.2, -0.15) is 0 Å². The summed E-state index contributed by atoms with van der Waals surface area (Å²) in [6.45, 7) is 7.90. The van der Waals surface area contributed by atoms with Gasteiger partial charge in [0.05, 0.1) is 25.9 Å². The van der Waals surface area contributed by atoms with Crippen LogP contribution in [-0.2, 0) is 24.8 Å². The molecular weight excluding hydrogens is 521 g/mol. The second kappa shape index (κ2) is 12.9. The monoisotopic (exact) mass is 557 g/mol. The zero-order chi connectivity index (χ0) is 22.2. The van der Waals surface area contributed by atoms with Gasteiger partial charge < -0.3 is 29.6 Å². The molecule has 1 saturated heterocycles. The first-order valence-corrected chi connectivity index (χ1v) is 10.8. The van der Waals surface area contributed by atoms with Crippen LogP contribution in [0.5, 0.6) is 5.75 Å². The summed E-state index contributed by atoms with van der Waals surface area (Å²) >= 11 is 0. The average Bonchev–Trinajstić information content (AvgIpc) is 3.10. The Bertz CT molecular complexity index is 856. The van der Waals surface area contributed by atoms with Crippen LogP contribution in [0, 0.1) is 6.92 Å². The molecule has 2 N–H and O–H groups in total. The molecule has 0 amide bonds. The number of nitrogens with zero attached hydrogens (tertiary/aromatic N) is 5. The van der Waals surface area contributed by atoms with E-state index in [1.807, 2.05) is 30.7 Å². The van der Waals surface area contributed by atoms with Gasteiger partial charge in [-0.05, 0) is 45.0 Å². The number of rotatable bonds is 8. The van der Waals surface area contributed by atoms with Crippen molar-refractivity contribution in [2.45, 2.75) is 39.0 Å². The Kier molecular flexibility index (Phi) is 10.7. The molecule has 32 heavy (non-hydrogen) atoms. The lowest BCUT2D eigenvalue weighted by Crippen LogP contribution is -2.53. The number of aryl methyl sites for hydroxylation is 1. The van der Waals surface area contributed by atoms with Crippen molar-refractivity contribution < 1.29 is 9.47 Å². The number of methoxy groups -OCH3 is 1. The molecule has 0 spiro atoms. The van der Waals surface area contributed by atoms with Gasteiger partial charge in [-0.15, -0.1) is 34.2 Å². The minimum atomic E-state index is 0. The van der Waals surface area contributed by atoms with Crippen molar-refractivity contribution in [2.24, 2.45) is 12.0 Å². The average molecular weight is 557 g/mol. The predicted octanol–water partition coefficient (Wildman–Crippen LogP) is 1.75. The summed E-state index contributed by atoms with van der Waals surface area (Å²) in [5.41, 5.74) is 1.24. The van der Waals surface area contributed by atoms with Crippen molar-refractivity contribution in [3.63, 3.8) is 0 Å². The Morgan fingerprint density at radius 3 is 2.66 bits per heavy atom. The minimum absolute atomic E-state index is 0. The van der Waals surface area contributed by atoms with Gasteiger partial charge in [0.2, 0.25) is 0 Å². The molecule has 1 aliphatic heterocycles. The summed E-state index contributed by atoms with van der Waals surface area (Å²) in [6, 6.07) is 8.26. The fraction of sp³-hybridized carbons (Fsp3) is 0.591. The van der Waals surface area contributed by atoms with Gasteiger partial charge in [0.15, 0.2) is 11.8 Å². The van der Waals surface area contributed by atoms with Crippen LogP contribution >= 0.6 is 24.0 Å². The van der Waals surface area contributed by atoms with Crippen molar-refractivity contribution in [2.75, 3.05) is 40.4 Å². The molecule has 2 aromatic rings. The standard InChI is InChI=1S/C22H35N7O2.HI/c1-16(20-15-28(3)12-13-31-20)25-22(24-14-21-27-26-17(2)29(21)4)23-11-10-18-6-8-19(30-5)9-7-18;/h6-9,16,20H,10-15H2,1-5H3,(H2,23,24,25);1H. The van der Waals surface area contributed by atoms with E-state index in [2.05, 4.69) is 51.8 Å². The first kappa shape index (κ1) is 26.3. The first-order chi connectivity index (χ1) is 15.0. The number of aromatic nitrogens is 3. The first-order valence-electron chi connectivity index (χ1n) is 10.8. The Labute approximate surface area is 208 Å². The number of aliphatic imine (C=N–C) groups is 1. The lowest BCUT2D eigenvalue weighted by molar-refractivity contribution is -0.0324. The molecule has 10 heteroatoms. The van der Waals surface area contributed by atoms with Crippen LogP contribution in [0.2, 0.25) is 0 Å². The molecule has 178 valence electrons. The van der Waals surface area contributed by atoms with Crippen LogP contribution < -0.4 is 15.4 Å². The van der Waals surface area contributed by atoms with Crippen molar-refractivity contribution in [3.05, 3.63) is 41.5 Å². The number of ether oxygens (including phenoxy) is 2. The van der Waals surface area contributed by atoms with Gasteiger partial charge >= 0.3 is 0 Å². The fourth-order valence-corrected chi connectivity index (χ4v) is 3.43. The fourth-order valence-electron chi connectivity index (χ4n) is 3.43. The maximum Gasteiger partial charge on any atom is 0.192 e. The normalized spacial score (nSPS) is 18.0. The van der Waals surface area contributed by atoms with Gasteiger partial charge in [-0.3, -0.25) is 0 Å². The molecule has 0 aliphatic carbocycles. The highest BCUT2D eigenvalue weighted by Gasteiger charge is 2.24. The largest absolute Gasteiger partial charge is 0.497 e. The second-order valence-corrected chi connectivity index (χ2v) is 8.02. The smallest absolute Gasteiger partial charge is 0.192 e. The van der Waals surface area contributed by atoms with Crippen LogP contribution in [0.4, 0.5) is 0 Å². The van der Waals surface area contributed by atoms with Crippen molar-refractivity contribution in [1.82, 2.24) is 30.3 Å². The topological polar surface area (TPSA) is 88.8 Å². The van der Waals surface area contributed by atoms with E-state index >= 15 is 0 Å². The van der Waals surface area contributed by atoms with Crippen LogP contribution in [-0.4, -0.2) is 78.2 Å². The van der Waals surface area contributed by atoms with Gasteiger partial charge in [0.1, 0.15) is 18.1 Å². The van der Waals surface area contributed by atoms with E-state index in [4.69, 9.17) is 14.5 Å². The molecule has 1 aromatic carbocycles. The van der Waals surface area contributed by atoms with Crippen molar-refractivity contribution >= 4 is 29.9 Å². The van der Waals surface area contributed by atoms with Gasteiger partial charge in [-0.25, -0.2) is 4.99 Å². The number of morpholine rings is 1. The summed E-state index contributed by atoms with van der Waals surface area (Å²) in [4.78, 5) is 7.06. The van der Waals surface area contributed by atoms with E-state index in [-0.39, 0.29) is 36.1 Å². The molecule has 9 nitrogen and oxygen atoms in total. The Hall–Kier alpha value is -1.92. The SMILES string of the molecule is COc1ccc(CCNC(=NCc2nnc(C)n2C)NC(C)C2CN(C)CCO2)cc1.I. The van der Waals surface area contributed by atoms with Crippen molar-refractivity contribution in [3.8, 4) is 5.75 Å². The third-order valence-corrected chi connectivity index (χ3v) is 5.65. The Morgan fingerprint density at radius 1 is 1.28 bits per heavy atom. The summed E-state index contributed by atoms with van der Waals surface area (Å²) < 4.78 is 13.2. The maximum absolute atomic E-state index is 5.97. The molecule has 2 heterocycles. The molecule has 0 bridgehead atoms. The number of hydrogen-bond donors (Lipinski definition) is 2. The molecule has 2 unspecified atom stereocenters. The van der Waals surface area contributed by atoms with Crippen LogP contribution in [0.25, 0.3) is 0 Å². The van der Waals surface area contributed by atoms with Crippen molar-refractivity contribution in [1.29, 1.82) is 0 Å². The third kappa shape index (κ3) is 7.59. The quantitative estimate of drug-likeness (QED) is 0.291. The molecule has 0 saturated carbocycles. The number of nitrogens with one attached hydrogen (secondary N) is 2. The highest BCUT2D eigenvalue weighted by molar-refractivity contribution is 14.0. The zero-order valence-electron chi connectivity index (χ0n) is 19.7. The molecule has 1 aromatic heterocycles. The van der Waals surface area contributed by atoms with Gasteiger partial charge in [0, 0.05) is 26.7 Å². The summed E-state index contributed by atoms with van der Waals surface area (Å²) in [7, 11) is 5.76. The van der Waals surface area contributed by atoms with E-state index in [0.717, 1.165) is 56.0 Å². The summed E-state index contributed by atoms with van der Waals surface area (Å²) in [6.07, 6.45) is 0.995. The number of guanidine groups is 1. The highest BCUT2D eigenvalue weighted by atomic mass is 127. The Morgan fingerprint density at radius 2 is 2.03 bits per heavy atom. The molecule has 0 radical (unpaired) electrons. The van der Waals surface area contributed by atoms with Crippen LogP contribution in [0.1, 0.15) is 24.1 Å². The molecule has 2 atom stereocenters. The zero-order valence-corrected chi connectivity index (χ0v) is 22.0. The van der Waals surface area contributed by atoms with Gasteiger partial charge in [-0.1, -0.05) is 12.1 Å². The Balaban J connectivity index is 0.00000363. The minimum Gasteiger partial charge on any atom is -0.497 e. The molecular formula is C22H36IN7O2. The summed E-state index contributed by atoms with van der Waals surface area (Å²) in [5, 5.41) is 15.3. The lowest BCUT2D eigenvalue weighted by Gasteiger charge is -2.34. The van der Waals surface area contributed by atoms with Crippen LogP contribution in [0.15, 0.2) is 29.3 Å². The molecule has 1 fully saturated rings. The van der Waals surface area contributed by atoms with E-state index in [0.29, 0.717) is 6.54 Å². The summed E-state index contributed by atoms with van der Waals surface area (Å²) in [5.74, 6) is 3.32. The predicted molar refractivity (Wildman–Crippen MR) is 137 cm³/mol. The number of benzene rings is 1. The molecule has 3 rings (SSSR count). The second-order valence-electron chi connectivity index (χ2n) is 8.02. The lowest BCUT2D eigenvalue weighted by atomic mass is 10.1. The van der Waals surface area contributed by atoms with E-state index < -0.39 is 0 Å². The van der Waals surface area contributed by atoms with E-state index in [1.54, 1.807) is 7.11 Å². The van der Waals surface area contributed by atoms with E-state index in [1.165, 1.54) is 5.56 Å². The highest BCUT2D eigenvalue weighted by Crippen LogP contribution is 2.11. The van der Waals surface area contributed by atoms with Crippen LogP contribution in [0.3, 0.4) is 0 Å².